The molecule has 0 aliphatic carbocycles. The zero-order valence-electron chi connectivity index (χ0n) is 17.1. The van der Waals surface area contributed by atoms with Gasteiger partial charge in [-0.3, -0.25) is 19.0 Å². The number of rotatable bonds is 4. The first-order chi connectivity index (χ1) is 15.6. The van der Waals surface area contributed by atoms with Gasteiger partial charge in [0.15, 0.2) is 0 Å². The molecule has 0 saturated carbocycles. The molecule has 32 heavy (non-hydrogen) atoms. The second-order valence-electron chi connectivity index (χ2n) is 7.52. The monoisotopic (exact) mass is 464 g/mol. The van der Waals surface area contributed by atoms with Crippen molar-refractivity contribution in [1.82, 2.24) is 19.4 Å². The van der Waals surface area contributed by atoms with Crippen LogP contribution in [0.4, 0.5) is 0 Å². The molecule has 0 atom stereocenters. The number of hydrogen-bond acceptors (Lipinski definition) is 6. The molecule has 162 valence electrons. The molecule has 3 aromatic heterocycles. The maximum Gasteiger partial charge on any atom is 0.263 e. The van der Waals surface area contributed by atoms with E-state index in [-0.39, 0.29) is 23.9 Å². The fraction of sp³-hybridized carbons (Fsp3) is 0.217. The normalized spacial score (nSPS) is 14.1. The standard InChI is InChI=1S/C23H20N4O3S2/c28-19(25-8-10-26(11-9-25)22(29)16-5-2-1-3-6-16)13-27-15-24-21-20(23(27)30)17(14-32-21)18-7-4-12-31-18/h1-7,12,14-15H,8-11,13H2. The van der Waals surface area contributed by atoms with Gasteiger partial charge in [0.2, 0.25) is 5.91 Å². The molecule has 5 rings (SSSR count). The number of nitrogens with zero attached hydrogens (tertiary/aromatic N) is 4. The Morgan fingerprint density at radius 1 is 0.938 bits per heavy atom. The second kappa shape index (κ2) is 8.68. The summed E-state index contributed by atoms with van der Waals surface area (Å²) < 4.78 is 1.38. The molecule has 0 radical (unpaired) electrons. The molecule has 1 fully saturated rings. The van der Waals surface area contributed by atoms with Crippen LogP contribution in [0.1, 0.15) is 10.4 Å². The Labute approximate surface area is 192 Å². The zero-order chi connectivity index (χ0) is 22.1. The first-order valence-electron chi connectivity index (χ1n) is 10.2. The van der Waals surface area contributed by atoms with Gasteiger partial charge in [-0.2, -0.15) is 0 Å². The Morgan fingerprint density at radius 3 is 2.41 bits per heavy atom. The Hall–Kier alpha value is -3.30. The molecule has 0 spiro atoms. The Bertz CT molecular complexity index is 1320. The van der Waals surface area contributed by atoms with Crippen molar-refractivity contribution in [2.75, 3.05) is 26.2 Å². The third-order valence-corrected chi connectivity index (χ3v) is 7.38. The summed E-state index contributed by atoms with van der Waals surface area (Å²) >= 11 is 3.00. The molecule has 7 nitrogen and oxygen atoms in total. The highest BCUT2D eigenvalue weighted by Crippen LogP contribution is 2.33. The first kappa shape index (κ1) is 20.6. The largest absolute Gasteiger partial charge is 0.338 e. The van der Waals surface area contributed by atoms with Crippen LogP contribution in [-0.4, -0.2) is 57.3 Å². The molecule has 0 N–H and O–H groups in total. The summed E-state index contributed by atoms with van der Waals surface area (Å²) in [6.45, 7) is 1.77. The van der Waals surface area contributed by atoms with Gasteiger partial charge in [-0.25, -0.2) is 4.98 Å². The van der Waals surface area contributed by atoms with Gasteiger partial charge in [0.1, 0.15) is 11.4 Å². The van der Waals surface area contributed by atoms with Gasteiger partial charge < -0.3 is 9.80 Å². The van der Waals surface area contributed by atoms with E-state index in [1.165, 1.54) is 22.2 Å². The third kappa shape index (κ3) is 3.85. The predicted octanol–water partition coefficient (Wildman–Crippen LogP) is 3.17. The summed E-state index contributed by atoms with van der Waals surface area (Å²) in [7, 11) is 0. The zero-order valence-corrected chi connectivity index (χ0v) is 18.8. The molecule has 0 unspecified atom stereocenters. The summed E-state index contributed by atoms with van der Waals surface area (Å²) in [5.41, 5.74) is 1.31. The minimum Gasteiger partial charge on any atom is -0.338 e. The predicted molar refractivity (Wildman–Crippen MR) is 126 cm³/mol. The molecule has 1 aliphatic heterocycles. The molecule has 4 aromatic rings. The number of carbonyl (C=O) groups excluding carboxylic acids is 2. The average molecular weight is 465 g/mol. The Balaban J connectivity index is 1.29. The number of aromatic nitrogens is 2. The van der Waals surface area contributed by atoms with Gasteiger partial charge in [0.05, 0.1) is 11.7 Å². The fourth-order valence-electron chi connectivity index (χ4n) is 3.86. The van der Waals surface area contributed by atoms with Crippen molar-refractivity contribution < 1.29 is 9.59 Å². The van der Waals surface area contributed by atoms with E-state index in [1.54, 1.807) is 33.3 Å². The van der Waals surface area contributed by atoms with E-state index in [9.17, 15) is 14.4 Å². The topological polar surface area (TPSA) is 75.5 Å². The molecule has 9 heteroatoms. The maximum atomic E-state index is 13.1. The molecule has 0 bridgehead atoms. The highest BCUT2D eigenvalue weighted by atomic mass is 32.1. The van der Waals surface area contributed by atoms with Gasteiger partial charge in [-0.1, -0.05) is 24.3 Å². The van der Waals surface area contributed by atoms with Gasteiger partial charge in [-0.15, -0.1) is 22.7 Å². The highest BCUT2D eigenvalue weighted by Gasteiger charge is 2.25. The van der Waals surface area contributed by atoms with Crippen molar-refractivity contribution in [3.8, 4) is 10.4 Å². The van der Waals surface area contributed by atoms with Crippen molar-refractivity contribution in [3.63, 3.8) is 0 Å². The molecular formula is C23H20N4O3S2. The molecule has 1 saturated heterocycles. The number of amides is 2. The minimum absolute atomic E-state index is 0.0258. The molecule has 2 amide bonds. The number of hydrogen-bond donors (Lipinski definition) is 0. The van der Waals surface area contributed by atoms with Crippen molar-refractivity contribution in [2.45, 2.75) is 6.54 Å². The summed E-state index contributed by atoms with van der Waals surface area (Å²) in [5.74, 6) is -0.171. The first-order valence-corrected chi connectivity index (χ1v) is 12.0. The van der Waals surface area contributed by atoms with Crippen LogP contribution in [0.2, 0.25) is 0 Å². The van der Waals surface area contributed by atoms with E-state index in [2.05, 4.69) is 4.98 Å². The van der Waals surface area contributed by atoms with Crippen LogP contribution in [-0.2, 0) is 11.3 Å². The van der Waals surface area contributed by atoms with Crippen molar-refractivity contribution in [2.24, 2.45) is 0 Å². The number of fused-ring (bicyclic) bond motifs is 1. The fourth-order valence-corrected chi connectivity index (χ4v) is 5.58. The van der Waals surface area contributed by atoms with E-state index in [0.717, 1.165) is 10.4 Å². The Morgan fingerprint density at radius 2 is 1.69 bits per heavy atom. The maximum absolute atomic E-state index is 13.1. The SMILES string of the molecule is O=C(Cn1cnc2scc(-c3cccs3)c2c1=O)N1CCN(C(=O)c2ccccc2)CC1. The number of thiophene rings is 2. The lowest BCUT2D eigenvalue weighted by molar-refractivity contribution is -0.133. The summed E-state index contributed by atoms with van der Waals surface area (Å²) in [6.07, 6.45) is 1.45. The quantitative estimate of drug-likeness (QED) is 0.465. The minimum atomic E-state index is -0.203. The second-order valence-corrected chi connectivity index (χ2v) is 9.33. The van der Waals surface area contributed by atoms with E-state index in [4.69, 9.17) is 0 Å². The highest BCUT2D eigenvalue weighted by molar-refractivity contribution is 7.18. The van der Waals surface area contributed by atoms with Crippen molar-refractivity contribution in [3.05, 3.63) is 75.5 Å². The van der Waals surface area contributed by atoms with Crippen LogP contribution >= 0.6 is 22.7 Å². The van der Waals surface area contributed by atoms with Crippen LogP contribution in [0.25, 0.3) is 20.7 Å². The van der Waals surface area contributed by atoms with Gasteiger partial charge in [0.25, 0.3) is 11.5 Å². The molecule has 1 aliphatic rings. The van der Waals surface area contributed by atoms with E-state index < -0.39 is 0 Å². The number of piperazine rings is 1. The average Bonchev–Trinajstić information content (AvgIpc) is 3.51. The Kier molecular flexibility index (Phi) is 5.59. The molecule has 1 aromatic carbocycles. The van der Waals surface area contributed by atoms with Crippen LogP contribution in [0.5, 0.6) is 0 Å². The number of carbonyl (C=O) groups is 2. The number of benzene rings is 1. The smallest absolute Gasteiger partial charge is 0.263 e. The van der Waals surface area contributed by atoms with Crippen LogP contribution < -0.4 is 5.56 Å². The van der Waals surface area contributed by atoms with Crippen LogP contribution in [0, 0.1) is 0 Å². The van der Waals surface area contributed by atoms with Crippen molar-refractivity contribution in [1.29, 1.82) is 0 Å². The van der Waals surface area contributed by atoms with E-state index in [0.29, 0.717) is 42.0 Å². The molecule has 4 heterocycles. The van der Waals surface area contributed by atoms with Gasteiger partial charge >= 0.3 is 0 Å². The lowest BCUT2D eigenvalue weighted by atomic mass is 10.2. The van der Waals surface area contributed by atoms with Crippen LogP contribution in [0.15, 0.2) is 64.3 Å². The van der Waals surface area contributed by atoms with Crippen molar-refractivity contribution >= 4 is 44.7 Å². The van der Waals surface area contributed by atoms with E-state index >= 15 is 0 Å². The summed E-state index contributed by atoms with van der Waals surface area (Å²) in [6, 6.07) is 13.1. The third-order valence-electron chi connectivity index (χ3n) is 5.59. The lowest BCUT2D eigenvalue weighted by Gasteiger charge is -2.35. The molecular weight excluding hydrogens is 444 g/mol. The lowest BCUT2D eigenvalue weighted by Crippen LogP contribution is -2.51. The van der Waals surface area contributed by atoms with Gasteiger partial charge in [-0.05, 0) is 23.6 Å². The van der Waals surface area contributed by atoms with Crippen LogP contribution in [0.3, 0.4) is 0 Å². The summed E-state index contributed by atoms with van der Waals surface area (Å²) in [4.78, 5) is 48.2. The van der Waals surface area contributed by atoms with Gasteiger partial charge in [0, 0.05) is 47.6 Å². The summed E-state index contributed by atoms with van der Waals surface area (Å²) in [5, 5.41) is 4.48. The van der Waals surface area contributed by atoms with E-state index in [1.807, 2.05) is 41.1 Å².